The number of piperidine rings is 2. The minimum atomic E-state index is 0.323. The molecule has 0 spiro atoms. The first-order valence-corrected chi connectivity index (χ1v) is 12.2. The first-order valence-electron chi connectivity index (χ1n) is 12.2. The summed E-state index contributed by atoms with van der Waals surface area (Å²) in [5.41, 5.74) is 0. The minimum absolute atomic E-state index is 0.323. The first-order chi connectivity index (χ1) is 14.3. The number of aliphatic imine (C=N–C) groups is 1. The maximum atomic E-state index is 6.15. The molecule has 0 radical (unpaired) electrons. The van der Waals surface area contributed by atoms with E-state index in [1.165, 1.54) is 58.0 Å². The van der Waals surface area contributed by atoms with E-state index in [1.54, 1.807) is 0 Å². The molecule has 6 heteroatoms. The molecule has 0 amide bonds. The lowest BCUT2D eigenvalue weighted by Crippen LogP contribution is -2.47. The number of guanidine groups is 1. The Morgan fingerprint density at radius 3 is 2.59 bits per heavy atom. The van der Waals surface area contributed by atoms with E-state index in [0.29, 0.717) is 12.2 Å². The molecule has 0 aromatic heterocycles. The van der Waals surface area contributed by atoms with Gasteiger partial charge < -0.3 is 24.6 Å². The zero-order valence-electron chi connectivity index (χ0n) is 18.9. The molecule has 2 atom stereocenters. The van der Waals surface area contributed by atoms with Crippen molar-refractivity contribution in [2.24, 2.45) is 4.99 Å². The molecular formula is C23H44N4O2. The van der Waals surface area contributed by atoms with Crippen molar-refractivity contribution in [3.63, 3.8) is 0 Å². The van der Waals surface area contributed by atoms with Crippen molar-refractivity contribution in [3.8, 4) is 0 Å². The fraction of sp³-hybridized carbons (Fsp3) is 0.957. The molecule has 3 aliphatic rings. The lowest BCUT2D eigenvalue weighted by Gasteiger charge is -2.35. The lowest BCUT2D eigenvalue weighted by molar-refractivity contribution is -0.0721. The summed E-state index contributed by atoms with van der Waals surface area (Å²) in [6, 6.07) is 0.776. The van der Waals surface area contributed by atoms with Crippen LogP contribution >= 0.6 is 0 Å². The van der Waals surface area contributed by atoms with Crippen LogP contribution in [0.15, 0.2) is 4.99 Å². The molecule has 3 aliphatic heterocycles. The van der Waals surface area contributed by atoms with Crippen LogP contribution in [0.3, 0.4) is 0 Å². The molecule has 2 unspecified atom stereocenters. The van der Waals surface area contributed by atoms with Gasteiger partial charge in [0.05, 0.1) is 18.8 Å². The molecule has 0 aliphatic carbocycles. The maximum absolute atomic E-state index is 6.15. The number of nitrogens with one attached hydrogen (secondary N) is 1. The Hall–Kier alpha value is -0.850. The van der Waals surface area contributed by atoms with Crippen molar-refractivity contribution in [2.45, 2.75) is 89.4 Å². The molecule has 3 saturated heterocycles. The number of hydrogen-bond acceptors (Lipinski definition) is 4. The monoisotopic (exact) mass is 408 g/mol. The average molecular weight is 409 g/mol. The Morgan fingerprint density at radius 1 is 1.03 bits per heavy atom. The standard InChI is InChI=1S/C23H44N4O2/c1-20-9-3-6-14-26(20)15-7-5-13-25-23(24-2)27-16-11-21(12-17-27)29-19-22-10-4-8-18-28-22/h20-22H,3-19H2,1-2H3,(H,24,25). The fourth-order valence-electron chi connectivity index (χ4n) is 4.88. The second-order valence-electron chi connectivity index (χ2n) is 9.07. The van der Waals surface area contributed by atoms with Gasteiger partial charge in [-0.05, 0) is 77.8 Å². The zero-order chi connectivity index (χ0) is 20.3. The predicted molar refractivity (Wildman–Crippen MR) is 120 cm³/mol. The van der Waals surface area contributed by atoms with Gasteiger partial charge in [-0.2, -0.15) is 0 Å². The van der Waals surface area contributed by atoms with E-state index < -0.39 is 0 Å². The molecule has 6 nitrogen and oxygen atoms in total. The van der Waals surface area contributed by atoms with Gasteiger partial charge in [0.2, 0.25) is 0 Å². The van der Waals surface area contributed by atoms with Gasteiger partial charge in [0, 0.05) is 39.3 Å². The Morgan fingerprint density at radius 2 is 1.86 bits per heavy atom. The van der Waals surface area contributed by atoms with Crippen LogP contribution in [0.25, 0.3) is 0 Å². The van der Waals surface area contributed by atoms with Crippen LogP contribution in [0.4, 0.5) is 0 Å². The van der Waals surface area contributed by atoms with Crippen LogP contribution in [0, 0.1) is 0 Å². The van der Waals surface area contributed by atoms with E-state index in [-0.39, 0.29) is 0 Å². The Bertz CT molecular complexity index is 473. The number of nitrogens with zero attached hydrogens (tertiary/aromatic N) is 3. The van der Waals surface area contributed by atoms with Crippen molar-refractivity contribution in [1.82, 2.24) is 15.1 Å². The van der Waals surface area contributed by atoms with Crippen LogP contribution in [0.1, 0.15) is 71.1 Å². The van der Waals surface area contributed by atoms with Crippen molar-refractivity contribution in [3.05, 3.63) is 0 Å². The second kappa shape index (κ2) is 12.8. The van der Waals surface area contributed by atoms with Crippen molar-refractivity contribution >= 4 is 5.96 Å². The molecule has 29 heavy (non-hydrogen) atoms. The van der Waals surface area contributed by atoms with E-state index in [4.69, 9.17) is 9.47 Å². The summed E-state index contributed by atoms with van der Waals surface area (Å²) in [6.45, 7) is 9.68. The quantitative estimate of drug-likeness (QED) is 0.379. The Labute approximate surface area is 178 Å². The summed E-state index contributed by atoms with van der Waals surface area (Å²) in [5.74, 6) is 1.06. The van der Waals surface area contributed by atoms with Crippen LogP contribution in [-0.4, -0.2) is 87.0 Å². The topological polar surface area (TPSA) is 49.3 Å². The van der Waals surface area contributed by atoms with E-state index in [2.05, 4.69) is 27.0 Å². The molecule has 0 saturated carbocycles. The molecule has 168 valence electrons. The van der Waals surface area contributed by atoms with Crippen molar-refractivity contribution in [1.29, 1.82) is 0 Å². The van der Waals surface area contributed by atoms with Crippen LogP contribution in [0.5, 0.6) is 0 Å². The number of rotatable bonds is 8. The first kappa shape index (κ1) is 22.8. The molecule has 3 heterocycles. The fourth-order valence-corrected chi connectivity index (χ4v) is 4.88. The van der Waals surface area contributed by atoms with E-state index in [9.17, 15) is 0 Å². The van der Waals surface area contributed by atoms with Gasteiger partial charge >= 0.3 is 0 Å². The lowest BCUT2D eigenvalue weighted by atomic mass is 10.0. The van der Waals surface area contributed by atoms with Crippen LogP contribution in [-0.2, 0) is 9.47 Å². The molecule has 3 fully saturated rings. The van der Waals surface area contributed by atoms with E-state index in [1.807, 2.05) is 7.05 Å². The Balaban J connectivity index is 1.25. The molecule has 3 rings (SSSR count). The number of unbranched alkanes of at least 4 members (excludes halogenated alkanes) is 1. The van der Waals surface area contributed by atoms with Crippen LogP contribution in [0.2, 0.25) is 0 Å². The molecule has 0 aromatic carbocycles. The van der Waals surface area contributed by atoms with Gasteiger partial charge in [0.1, 0.15) is 0 Å². The van der Waals surface area contributed by atoms with E-state index >= 15 is 0 Å². The molecule has 0 bridgehead atoms. The molecule has 1 N–H and O–H groups in total. The Kier molecular flexibility index (Phi) is 10.0. The smallest absolute Gasteiger partial charge is 0.193 e. The highest BCUT2D eigenvalue weighted by Crippen LogP contribution is 2.18. The highest BCUT2D eigenvalue weighted by molar-refractivity contribution is 5.79. The van der Waals surface area contributed by atoms with Gasteiger partial charge in [0.25, 0.3) is 0 Å². The average Bonchev–Trinajstić information content (AvgIpc) is 2.77. The SMILES string of the molecule is CN=C(NCCCCN1CCCCC1C)N1CCC(OCC2CCCCO2)CC1. The van der Waals surface area contributed by atoms with Gasteiger partial charge in [-0.25, -0.2) is 0 Å². The van der Waals surface area contributed by atoms with Gasteiger partial charge in [0.15, 0.2) is 5.96 Å². The van der Waals surface area contributed by atoms with Gasteiger partial charge in [-0.15, -0.1) is 0 Å². The predicted octanol–water partition coefficient (Wildman–Crippen LogP) is 3.27. The van der Waals surface area contributed by atoms with E-state index in [0.717, 1.165) is 64.1 Å². The summed E-state index contributed by atoms with van der Waals surface area (Å²) in [5, 5.41) is 3.58. The second-order valence-corrected chi connectivity index (χ2v) is 9.07. The van der Waals surface area contributed by atoms with Crippen LogP contribution < -0.4 is 5.32 Å². The number of ether oxygens (including phenoxy) is 2. The number of likely N-dealkylation sites (tertiary alicyclic amines) is 2. The third-order valence-electron chi connectivity index (χ3n) is 6.84. The summed E-state index contributed by atoms with van der Waals surface area (Å²) in [4.78, 5) is 9.58. The third-order valence-corrected chi connectivity index (χ3v) is 6.84. The molecular weight excluding hydrogens is 364 g/mol. The number of hydrogen-bond donors (Lipinski definition) is 1. The minimum Gasteiger partial charge on any atom is -0.376 e. The third kappa shape index (κ3) is 7.72. The van der Waals surface area contributed by atoms with Crippen molar-refractivity contribution < 1.29 is 9.47 Å². The maximum Gasteiger partial charge on any atom is 0.193 e. The van der Waals surface area contributed by atoms with Gasteiger partial charge in [-0.3, -0.25) is 4.99 Å². The largest absolute Gasteiger partial charge is 0.376 e. The summed E-state index contributed by atoms with van der Waals surface area (Å²) in [7, 11) is 1.90. The van der Waals surface area contributed by atoms with Gasteiger partial charge in [-0.1, -0.05) is 6.42 Å². The zero-order valence-corrected chi connectivity index (χ0v) is 18.9. The highest BCUT2D eigenvalue weighted by atomic mass is 16.5. The molecule has 0 aromatic rings. The summed E-state index contributed by atoms with van der Waals surface area (Å²) in [6.07, 6.45) is 13.2. The van der Waals surface area contributed by atoms with Crippen molar-refractivity contribution in [2.75, 3.05) is 53.0 Å². The summed E-state index contributed by atoms with van der Waals surface area (Å²) < 4.78 is 11.9. The highest BCUT2D eigenvalue weighted by Gasteiger charge is 2.23. The normalized spacial score (nSPS) is 27.9. The summed E-state index contributed by atoms with van der Waals surface area (Å²) >= 11 is 0.